The first-order valence-corrected chi connectivity index (χ1v) is 9.26. The van der Waals surface area contributed by atoms with E-state index in [4.69, 9.17) is 15.0 Å². The maximum Gasteiger partial charge on any atom is 0.242 e. The highest BCUT2D eigenvalue weighted by Crippen LogP contribution is 2.16. The van der Waals surface area contributed by atoms with Crippen molar-refractivity contribution in [1.29, 1.82) is 0 Å². The van der Waals surface area contributed by atoms with Crippen LogP contribution in [0.15, 0.2) is 28.8 Å². The van der Waals surface area contributed by atoms with Gasteiger partial charge in [0.05, 0.1) is 25.0 Å². The van der Waals surface area contributed by atoms with Crippen LogP contribution in [0.5, 0.6) is 0 Å². The van der Waals surface area contributed by atoms with Gasteiger partial charge in [-0.3, -0.25) is 0 Å². The molecule has 0 aliphatic heterocycles. The van der Waals surface area contributed by atoms with E-state index < -0.39 is 10.0 Å². The summed E-state index contributed by atoms with van der Waals surface area (Å²) in [5.74, 6) is 0.476. The molecule has 0 spiro atoms. The summed E-state index contributed by atoms with van der Waals surface area (Å²) >= 11 is 0. The van der Waals surface area contributed by atoms with E-state index in [9.17, 15) is 8.42 Å². The molecule has 2 aromatic rings. The minimum atomic E-state index is -3.46. The zero-order valence-corrected chi connectivity index (χ0v) is 14.5. The molecule has 1 aromatic carbocycles. The van der Waals surface area contributed by atoms with Crippen LogP contribution in [0, 0.1) is 0 Å². The topological polar surface area (TPSA) is 120 Å². The molecule has 0 saturated heterocycles. The maximum atomic E-state index is 11.8. The normalized spacial score (nSPS) is 12.0. The molecule has 0 aliphatic carbocycles. The van der Waals surface area contributed by atoms with Crippen molar-refractivity contribution in [3.05, 3.63) is 35.7 Å². The van der Waals surface area contributed by atoms with Crippen molar-refractivity contribution in [2.24, 2.45) is 5.73 Å². The van der Waals surface area contributed by atoms with E-state index in [0.717, 1.165) is 11.1 Å². The second-order valence-corrected chi connectivity index (χ2v) is 7.40. The number of rotatable bonds is 9. The first-order valence-electron chi connectivity index (χ1n) is 7.60. The molecule has 1 heterocycles. The lowest BCUT2D eigenvalue weighted by atomic mass is 10.1. The Morgan fingerprint density at radius 3 is 2.62 bits per heavy atom. The van der Waals surface area contributed by atoms with E-state index in [1.165, 1.54) is 0 Å². The summed E-state index contributed by atoms with van der Waals surface area (Å²) in [4.78, 5) is 4.18. The van der Waals surface area contributed by atoms with Crippen molar-refractivity contribution in [2.75, 3.05) is 12.4 Å². The van der Waals surface area contributed by atoms with Gasteiger partial charge in [0.1, 0.15) is 0 Å². The van der Waals surface area contributed by atoms with Gasteiger partial charge in [-0.15, -0.1) is 0 Å². The van der Waals surface area contributed by atoms with Crippen molar-refractivity contribution in [2.45, 2.75) is 33.0 Å². The van der Waals surface area contributed by atoms with Gasteiger partial charge in [-0.2, -0.15) is 4.98 Å². The zero-order chi connectivity index (χ0) is 17.6. The number of hydrogen-bond donors (Lipinski definition) is 2. The van der Waals surface area contributed by atoms with Crippen molar-refractivity contribution in [1.82, 2.24) is 14.9 Å². The number of nitrogens with two attached hydrogens (primary N) is 1. The quantitative estimate of drug-likeness (QED) is 0.690. The van der Waals surface area contributed by atoms with Crippen molar-refractivity contribution < 1.29 is 17.7 Å². The number of benzene rings is 1. The zero-order valence-electron chi connectivity index (χ0n) is 13.7. The van der Waals surface area contributed by atoms with Crippen molar-refractivity contribution in [3.8, 4) is 11.4 Å². The molecule has 0 unspecified atom stereocenters. The van der Waals surface area contributed by atoms with Gasteiger partial charge in [0.2, 0.25) is 21.7 Å². The molecule has 2 rings (SSSR count). The highest BCUT2D eigenvalue weighted by atomic mass is 32.2. The average Bonchev–Trinajstić information content (AvgIpc) is 3.02. The van der Waals surface area contributed by atoms with E-state index in [2.05, 4.69) is 14.9 Å². The standard InChI is InChI=1S/C15H22N4O4S/c1-11(2)22-7-8-24(20,21)17-10-14-18-15(19-23-14)13-5-3-12(9-16)4-6-13/h3-6,11,17H,7-10,16H2,1-2H3. The van der Waals surface area contributed by atoms with Crippen molar-refractivity contribution >= 4 is 10.0 Å². The number of aromatic nitrogens is 2. The molecule has 1 aromatic heterocycles. The third-order valence-electron chi connectivity index (χ3n) is 3.16. The Balaban J connectivity index is 1.91. The lowest BCUT2D eigenvalue weighted by molar-refractivity contribution is 0.0911. The first kappa shape index (κ1) is 18.5. The monoisotopic (exact) mass is 354 g/mol. The van der Waals surface area contributed by atoms with Gasteiger partial charge in [-0.1, -0.05) is 29.4 Å². The van der Waals surface area contributed by atoms with Gasteiger partial charge in [0.15, 0.2) is 0 Å². The minimum Gasteiger partial charge on any atom is -0.378 e. The number of ether oxygens (including phenoxy) is 1. The molecule has 0 atom stereocenters. The highest BCUT2D eigenvalue weighted by Gasteiger charge is 2.14. The highest BCUT2D eigenvalue weighted by molar-refractivity contribution is 7.89. The lowest BCUT2D eigenvalue weighted by Crippen LogP contribution is -2.28. The molecule has 0 radical (unpaired) electrons. The van der Waals surface area contributed by atoms with Crippen LogP contribution in [0.3, 0.4) is 0 Å². The Morgan fingerprint density at radius 1 is 1.29 bits per heavy atom. The molecule has 0 bridgehead atoms. The Kier molecular flexibility index (Phi) is 6.44. The summed E-state index contributed by atoms with van der Waals surface area (Å²) < 4.78 is 36.4. The van der Waals surface area contributed by atoms with E-state index in [1.807, 2.05) is 38.1 Å². The van der Waals surface area contributed by atoms with Crippen LogP contribution in [-0.2, 0) is 27.8 Å². The summed E-state index contributed by atoms with van der Waals surface area (Å²) in [6.45, 7) is 4.23. The van der Waals surface area contributed by atoms with Crippen LogP contribution in [0.1, 0.15) is 25.3 Å². The third kappa shape index (κ3) is 5.68. The van der Waals surface area contributed by atoms with Crippen LogP contribution in [0.4, 0.5) is 0 Å². The van der Waals surface area contributed by atoms with Gasteiger partial charge in [-0.05, 0) is 19.4 Å². The average molecular weight is 354 g/mol. The lowest BCUT2D eigenvalue weighted by Gasteiger charge is -2.08. The Labute approximate surface area is 141 Å². The molecule has 0 amide bonds. The molecule has 0 saturated carbocycles. The van der Waals surface area contributed by atoms with E-state index >= 15 is 0 Å². The summed E-state index contributed by atoms with van der Waals surface area (Å²) in [6.07, 6.45) is -0.00985. The SMILES string of the molecule is CC(C)OCCS(=O)(=O)NCc1nc(-c2ccc(CN)cc2)no1. The van der Waals surface area contributed by atoms with Gasteiger partial charge < -0.3 is 15.0 Å². The number of hydrogen-bond acceptors (Lipinski definition) is 7. The van der Waals surface area contributed by atoms with Gasteiger partial charge in [-0.25, -0.2) is 13.1 Å². The molecule has 9 heteroatoms. The smallest absolute Gasteiger partial charge is 0.242 e. The molecule has 3 N–H and O–H groups in total. The van der Waals surface area contributed by atoms with Gasteiger partial charge in [0, 0.05) is 12.1 Å². The van der Waals surface area contributed by atoms with E-state index in [0.29, 0.717) is 12.4 Å². The molecule has 0 aliphatic rings. The fourth-order valence-corrected chi connectivity index (χ4v) is 2.67. The number of nitrogens with zero attached hydrogens (tertiary/aromatic N) is 2. The molecule has 24 heavy (non-hydrogen) atoms. The Bertz CT molecular complexity index is 741. The molecular weight excluding hydrogens is 332 g/mol. The number of sulfonamides is 1. The van der Waals surface area contributed by atoms with Crippen LogP contribution < -0.4 is 10.5 Å². The summed E-state index contributed by atoms with van der Waals surface area (Å²) in [5, 5.41) is 3.85. The summed E-state index contributed by atoms with van der Waals surface area (Å²) in [6, 6.07) is 7.43. The molecule has 0 fully saturated rings. The number of nitrogens with one attached hydrogen (secondary N) is 1. The van der Waals surface area contributed by atoms with E-state index in [1.54, 1.807) is 0 Å². The van der Waals surface area contributed by atoms with Crippen LogP contribution >= 0.6 is 0 Å². The van der Waals surface area contributed by atoms with Crippen LogP contribution in [0.25, 0.3) is 11.4 Å². The van der Waals surface area contributed by atoms with Gasteiger partial charge in [0.25, 0.3) is 0 Å². The fourth-order valence-electron chi connectivity index (χ4n) is 1.87. The van der Waals surface area contributed by atoms with Crippen LogP contribution in [-0.4, -0.2) is 37.0 Å². The minimum absolute atomic E-state index is 0.00985. The predicted octanol–water partition coefficient (Wildman–Crippen LogP) is 1.04. The predicted molar refractivity (Wildman–Crippen MR) is 89.3 cm³/mol. The fraction of sp³-hybridized carbons (Fsp3) is 0.467. The molecule has 132 valence electrons. The maximum absolute atomic E-state index is 11.8. The second kappa shape index (κ2) is 8.34. The third-order valence-corrected chi connectivity index (χ3v) is 4.45. The molecule has 8 nitrogen and oxygen atoms in total. The van der Waals surface area contributed by atoms with Gasteiger partial charge >= 0.3 is 0 Å². The second-order valence-electron chi connectivity index (χ2n) is 5.47. The largest absolute Gasteiger partial charge is 0.378 e. The Morgan fingerprint density at radius 2 is 2.00 bits per heavy atom. The first-order chi connectivity index (χ1) is 11.4. The van der Waals surface area contributed by atoms with E-state index in [-0.39, 0.29) is 30.9 Å². The summed E-state index contributed by atoms with van der Waals surface area (Å²) in [7, 11) is -3.46. The molecular formula is C15H22N4O4S. The van der Waals surface area contributed by atoms with Crippen molar-refractivity contribution in [3.63, 3.8) is 0 Å². The Hall–Kier alpha value is -1.81. The van der Waals surface area contributed by atoms with Crippen LogP contribution in [0.2, 0.25) is 0 Å². The summed E-state index contributed by atoms with van der Waals surface area (Å²) in [5.41, 5.74) is 7.32.